The van der Waals surface area contributed by atoms with Crippen LogP contribution in [0.2, 0.25) is 0 Å². The minimum atomic E-state index is -0.905. The lowest BCUT2D eigenvalue weighted by Gasteiger charge is -2.25. The third-order valence-corrected chi connectivity index (χ3v) is 6.27. The number of benzene rings is 3. The number of ether oxygens (including phenoxy) is 3. The van der Waals surface area contributed by atoms with E-state index in [4.69, 9.17) is 14.2 Å². The Labute approximate surface area is 250 Å². The maximum atomic E-state index is 13.4. The van der Waals surface area contributed by atoms with E-state index < -0.39 is 17.7 Å². The van der Waals surface area contributed by atoms with Crippen LogP contribution in [0.5, 0.6) is 5.75 Å². The lowest BCUT2D eigenvalue weighted by molar-refractivity contribution is -0.125. The van der Waals surface area contributed by atoms with Gasteiger partial charge in [-0.1, -0.05) is 84.9 Å². The molecule has 3 rings (SSSR count). The average Bonchev–Trinajstić information content (AvgIpc) is 2.96. The van der Waals surface area contributed by atoms with Crippen molar-refractivity contribution in [1.82, 2.24) is 10.6 Å². The highest BCUT2D eigenvalue weighted by molar-refractivity contribution is 5.86. The first kappa shape index (κ1) is 32.4. The predicted molar refractivity (Wildman–Crippen MR) is 166 cm³/mol. The van der Waals surface area contributed by atoms with E-state index >= 15 is 0 Å². The molecule has 3 aromatic carbocycles. The summed E-state index contributed by atoms with van der Waals surface area (Å²) >= 11 is 0. The molecule has 0 heterocycles. The normalized spacial score (nSPS) is 12.9. The molecule has 0 spiro atoms. The SMILES string of the molecule is C/C=C/C(Cc1ccc(OCc2ccccc2)cc1)NC(=O)C(COCCCc1ccccc1)NC(=O)OC(C)(C)C. The summed E-state index contributed by atoms with van der Waals surface area (Å²) in [4.78, 5) is 25.9. The molecule has 0 bridgehead atoms. The fourth-order valence-corrected chi connectivity index (χ4v) is 4.26. The summed E-state index contributed by atoms with van der Waals surface area (Å²) in [5.74, 6) is 0.440. The molecular formula is C35H44N2O5. The van der Waals surface area contributed by atoms with Gasteiger partial charge >= 0.3 is 6.09 Å². The zero-order valence-electron chi connectivity index (χ0n) is 25.2. The van der Waals surface area contributed by atoms with E-state index in [1.54, 1.807) is 20.8 Å². The van der Waals surface area contributed by atoms with E-state index in [1.807, 2.05) is 91.9 Å². The maximum Gasteiger partial charge on any atom is 0.408 e. The van der Waals surface area contributed by atoms with Gasteiger partial charge in [-0.3, -0.25) is 4.79 Å². The van der Waals surface area contributed by atoms with Crippen molar-refractivity contribution in [3.63, 3.8) is 0 Å². The summed E-state index contributed by atoms with van der Waals surface area (Å²) in [5.41, 5.74) is 2.69. The van der Waals surface area contributed by atoms with Crippen LogP contribution < -0.4 is 15.4 Å². The third-order valence-electron chi connectivity index (χ3n) is 6.27. The number of nitrogens with one attached hydrogen (secondary N) is 2. The summed E-state index contributed by atoms with van der Waals surface area (Å²) in [6.45, 7) is 8.25. The topological polar surface area (TPSA) is 85.9 Å². The second-order valence-electron chi connectivity index (χ2n) is 11.1. The highest BCUT2D eigenvalue weighted by atomic mass is 16.6. The molecule has 0 aliphatic rings. The van der Waals surface area contributed by atoms with Crippen LogP contribution in [0.4, 0.5) is 4.79 Å². The molecule has 7 nitrogen and oxygen atoms in total. The van der Waals surface area contributed by atoms with Crippen LogP contribution in [0.3, 0.4) is 0 Å². The first-order valence-corrected chi connectivity index (χ1v) is 14.5. The molecule has 0 saturated carbocycles. The minimum absolute atomic E-state index is 0.0376. The molecule has 0 aromatic heterocycles. The number of hydrogen-bond donors (Lipinski definition) is 2. The van der Waals surface area contributed by atoms with Crippen molar-refractivity contribution in [2.75, 3.05) is 13.2 Å². The predicted octanol–water partition coefficient (Wildman–Crippen LogP) is 6.41. The molecule has 2 atom stereocenters. The molecule has 0 aliphatic carbocycles. The van der Waals surface area contributed by atoms with Crippen LogP contribution in [0, 0.1) is 0 Å². The van der Waals surface area contributed by atoms with E-state index in [0.29, 0.717) is 19.6 Å². The Morgan fingerprint density at radius 3 is 2.10 bits per heavy atom. The van der Waals surface area contributed by atoms with E-state index in [1.165, 1.54) is 5.56 Å². The molecule has 0 radical (unpaired) electrons. The third kappa shape index (κ3) is 12.6. The Morgan fingerprint density at radius 2 is 1.48 bits per heavy atom. The van der Waals surface area contributed by atoms with E-state index in [2.05, 4.69) is 22.8 Å². The molecule has 3 aromatic rings. The molecule has 2 amide bonds. The molecule has 0 aliphatic heterocycles. The summed E-state index contributed by atoms with van der Waals surface area (Å²) in [5, 5.41) is 5.74. The van der Waals surface area contributed by atoms with Crippen LogP contribution in [-0.2, 0) is 33.7 Å². The number of allylic oxidation sites excluding steroid dienone is 1. The summed E-state index contributed by atoms with van der Waals surface area (Å²) < 4.78 is 17.1. The number of alkyl carbamates (subject to hydrolysis) is 1. The van der Waals surface area contributed by atoms with Gasteiger partial charge in [-0.25, -0.2) is 4.79 Å². The van der Waals surface area contributed by atoms with Gasteiger partial charge in [0.15, 0.2) is 0 Å². The Balaban J connectivity index is 1.56. The van der Waals surface area contributed by atoms with Crippen molar-refractivity contribution in [2.45, 2.75) is 71.2 Å². The van der Waals surface area contributed by atoms with Gasteiger partial charge in [0, 0.05) is 6.61 Å². The molecule has 2 unspecified atom stereocenters. The molecule has 42 heavy (non-hydrogen) atoms. The van der Waals surface area contributed by atoms with Crippen molar-refractivity contribution < 1.29 is 23.8 Å². The molecule has 2 N–H and O–H groups in total. The average molecular weight is 573 g/mol. The minimum Gasteiger partial charge on any atom is -0.489 e. The van der Waals surface area contributed by atoms with Gasteiger partial charge in [0.05, 0.1) is 12.6 Å². The van der Waals surface area contributed by atoms with Crippen molar-refractivity contribution in [3.8, 4) is 5.75 Å². The number of aryl methyl sites for hydroxylation is 1. The maximum absolute atomic E-state index is 13.4. The number of carbonyl (C=O) groups is 2. The largest absolute Gasteiger partial charge is 0.489 e. The zero-order valence-corrected chi connectivity index (χ0v) is 25.2. The summed E-state index contributed by atoms with van der Waals surface area (Å²) in [6.07, 6.45) is 5.42. The first-order valence-electron chi connectivity index (χ1n) is 14.5. The van der Waals surface area contributed by atoms with E-state index in [0.717, 1.165) is 29.7 Å². The number of rotatable bonds is 15. The Bertz CT molecular complexity index is 1240. The molecule has 0 fully saturated rings. The van der Waals surface area contributed by atoms with Crippen molar-refractivity contribution in [3.05, 3.63) is 114 Å². The molecule has 224 valence electrons. The van der Waals surface area contributed by atoms with Crippen molar-refractivity contribution in [2.24, 2.45) is 0 Å². The van der Waals surface area contributed by atoms with Crippen LogP contribution in [0.25, 0.3) is 0 Å². The standard InChI is InChI=1S/C35H44N2O5/c1-5-13-30(24-28-19-21-31(22-20-28)41-25-29-16-10-7-11-17-29)36-33(38)32(37-34(39)42-35(2,3)4)26-40-23-12-18-27-14-8-6-9-15-27/h5-11,13-17,19-22,30,32H,12,18,23-26H2,1-4H3,(H,36,38)(H,37,39)/b13-5+. The van der Waals surface area contributed by atoms with Gasteiger partial charge < -0.3 is 24.8 Å². The quantitative estimate of drug-likeness (QED) is 0.162. The van der Waals surface area contributed by atoms with Gasteiger partial charge in [-0.05, 0) is 75.8 Å². The van der Waals surface area contributed by atoms with Gasteiger partial charge in [0.1, 0.15) is 24.0 Å². The van der Waals surface area contributed by atoms with Crippen LogP contribution in [-0.4, -0.2) is 42.9 Å². The lowest BCUT2D eigenvalue weighted by atomic mass is 10.0. The van der Waals surface area contributed by atoms with Crippen LogP contribution >= 0.6 is 0 Å². The second-order valence-corrected chi connectivity index (χ2v) is 11.1. The monoisotopic (exact) mass is 572 g/mol. The summed E-state index contributed by atoms with van der Waals surface area (Å²) in [6, 6.07) is 26.9. The number of carbonyl (C=O) groups excluding carboxylic acids is 2. The second kappa shape index (κ2) is 17.0. The fourth-order valence-electron chi connectivity index (χ4n) is 4.26. The van der Waals surface area contributed by atoms with E-state index in [-0.39, 0.29) is 18.6 Å². The highest BCUT2D eigenvalue weighted by Crippen LogP contribution is 2.16. The first-order chi connectivity index (χ1) is 20.2. The van der Waals surface area contributed by atoms with Crippen LogP contribution in [0.15, 0.2) is 97.1 Å². The smallest absolute Gasteiger partial charge is 0.408 e. The zero-order chi connectivity index (χ0) is 30.2. The number of hydrogen-bond acceptors (Lipinski definition) is 5. The molecule has 7 heteroatoms. The van der Waals surface area contributed by atoms with Gasteiger partial charge in [0.2, 0.25) is 5.91 Å². The molecule has 0 saturated heterocycles. The molecular weight excluding hydrogens is 528 g/mol. The Kier molecular flexibility index (Phi) is 13.1. The van der Waals surface area contributed by atoms with Gasteiger partial charge in [-0.15, -0.1) is 0 Å². The Morgan fingerprint density at radius 1 is 0.833 bits per heavy atom. The van der Waals surface area contributed by atoms with Gasteiger partial charge in [0.25, 0.3) is 0 Å². The van der Waals surface area contributed by atoms with Crippen molar-refractivity contribution in [1.29, 1.82) is 0 Å². The highest BCUT2D eigenvalue weighted by Gasteiger charge is 2.26. The Hall–Kier alpha value is -4.10. The van der Waals surface area contributed by atoms with Gasteiger partial charge in [-0.2, -0.15) is 0 Å². The number of amides is 2. The van der Waals surface area contributed by atoms with Crippen LogP contribution in [0.1, 0.15) is 50.8 Å². The summed E-state index contributed by atoms with van der Waals surface area (Å²) in [7, 11) is 0. The van der Waals surface area contributed by atoms with Crippen molar-refractivity contribution >= 4 is 12.0 Å². The lowest BCUT2D eigenvalue weighted by Crippen LogP contribution is -2.52. The van der Waals surface area contributed by atoms with E-state index in [9.17, 15) is 9.59 Å². The fraction of sp³-hybridized carbons (Fsp3) is 0.371.